The van der Waals surface area contributed by atoms with Gasteiger partial charge in [-0.25, -0.2) is 4.99 Å². The van der Waals surface area contributed by atoms with Gasteiger partial charge in [0.2, 0.25) is 0 Å². The molecule has 5 heteroatoms. The summed E-state index contributed by atoms with van der Waals surface area (Å²) in [6, 6.07) is 35.2. The highest BCUT2D eigenvalue weighted by molar-refractivity contribution is 6.42. The zero-order chi connectivity index (χ0) is 26.2. The summed E-state index contributed by atoms with van der Waals surface area (Å²) in [6.45, 7) is 4.15. The predicted molar refractivity (Wildman–Crippen MR) is 155 cm³/mol. The third kappa shape index (κ3) is 4.20. The quantitative estimate of drug-likeness (QED) is 0.216. The summed E-state index contributed by atoms with van der Waals surface area (Å²) in [5, 5.41) is 0. The van der Waals surface area contributed by atoms with Gasteiger partial charge in [0.05, 0.1) is 11.4 Å². The minimum atomic E-state index is -2.73. The van der Waals surface area contributed by atoms with Crippen LogP contribution in [-0.2, 0) is 0 Å². The smallest absolute Gasteiger partial charge is 0.325 e. The number of fused-ring (bicyclic) bond motifs is 1. The van der Waals surface area contributed by atoms with E-state index in [1.54, 1.807) is 0 Å². The first-order valence-corrected chi connectivity index (χ1v) is 12.6. The molecular formula is C33H25BF2N2. The van der Waals surface area contributed by atoms with E-state index in [1.165, 1.54) is 5.56 Å². The summed E-state index contributed by atoms with van der Waals surface area (Å²) < 4.78 is 30.7. The third-order valence-corrected chi connectivity index (χ3v) is 7.03. The molecular weight excluding hydrogens is 473 g/mol. The Bertz CT molecular complexity index is 1700. The minimum absolute atomic E-state index is 0.431. The number of aromatic nitrogens is 1. The topological polar surface area (TPSA) is 17.3 Å². The van der Waals surface area contributed by atoms with Crippen LogP contribution in [0.1, 0.15) is 33.5 Å². The molecule has 1 aliphatic rings. The molecule has 0 saturated heterocycles. The number of nitrogens with zero attached hydrogens (tertiary/aromatic N) is 2. The lowest BCUT2D eigenvalue weighted by atomic mass is 9.95. The van der Waals surface area contributed by atoms with Crippen LogP contribution in [0.25, 0.3) is 34.2 Å². The molecule has 6 rings (SSSR count). The third-order valence-electron chi connectivity index (χ3n) is 7.03. The highest BCUT2D eigenvalue weighted by atomic mass is 19.2. The Hall–Kier alpha value is -4.51. The summed E-state index contributed by atoms with van der Waals surface area (Å²) in [5.74, 6) is 0. The van der Waals surface area contributed by atoms with Crippen LogP contribution in [-0.4, -0.2) is 17.6 Å². The molecule has 0 spiro atoms. The Morgan fingerprint density at radius 1 is 0.658 bits per heavy atom. The Labute approximate surface area is 221 Å². The van der Waals surface area contributed by atoms with Crippen molar-refractivity contribution in [2.24, 2.45) is 4.99 Å². The van der Waals surface area contributed by atoms with Crippen molar-refractivity contribution >= 4 is 24.9 Å². The standard InChI is InChI=1S/C33H25BF2N2/c1-22-17-18-26(23(2)19-22)33-28-16-10-9-15-27(28)30(37-33)21-32-29(24-11-5-3-6-12-24)20-31(38(32)34(35)36)25-13-7-4-8-14-25/h3-21H,1-2H3/b30-21-. The van der Waals surface area contributed by atoms with Crippen molar-refractivity contribution in [3.05, 3.63) is 143 Å². The lowest BCUT2D eigenvalue weighted by Gasteiger charge is -2.10. The highest BCUT2D eigenvalue weighted by Gasteiger charge is 2.29. The Morgan fingerprint density at radius 3 is 1.95 bits per heavy atom. The first-order valence-electron chi connectivity index (χ1n) is 12.6. The summed E-state index contributed by atoms with van der Waals surface area (Å²) in [6.07, 6.45) is 1.82. The molecule has 0 saturated carbocycles. The van der Waals surface area contributed by atoms with Gasteiger partial charge in [0, 0.05) is 33.6 Å². The second-order valence-electron chi connectivity index (χ2n) is 9.56. The van der Waals surface area contributed by atoms with E-state index in [0.29, 0.717) is 17.1 Å². The fourth-order valence-electron chi connectivity index (χ4n) is 5.26. The van der Waals surface area contributed by atoms with Crippen molar-refractivity contribution in [3.8, 4) is 22.4 Å². The molecule has 0 aliphatic carbocycles. The van der Waals surface area contributed by atoms with Gasteiger partial charge in [-0.05, 0) is 42.7 Å². The molecule has 0 radical (unpaired) electrons. The van der Waals surface area contributed by atoms with Crippen LogP contribution >= 0.6 is 0 Å². The Morgan fingerprint density at radius 2 is 1.29 bits per heavy atom. The Balaban J connectivity index is 1.61. The summed E-state index contributed by atoms with van der Waals surface area (Å²) in [4.78, 5) is 5.05. The van der Waals surface area contributed by atoms with E-state index >= 15 is 0 Å². The average molecular weight is 498 g/mol. The van der Waals surface area contributed by atoms with Gasteiger partial charge < -0.3 is 4.48 Å². The van der Waals surface area contributed by atoms with Crippen molar-refractivity contribution in [3.63, 3.8) is 0 Å². The van der Waals surface area contributed by atoms with Crippen LogP contribution in [0.2, 0.25) is 0 Å². The van der Waals surface area contributed by atoms with Gasteiger partial charge in [0.15, 0.2) is 0 Å². The van der Waals surface area contributed by atoms with E-state index in [-0.39, 0.29) is 0 Å². The molecule has 1 aromatic heterocycles. The summed E-state index contributed by atoms with van der Waals surface area (Å²) in [7, 11) is -2.73. The number of aliphatic imine (C=N–C) groups is 1. The maximum atomic E-state index is 14.8. The molecule has 0 amide bonds. The van der Waals surface area contributed by atoms with Crippen molar-refractivity contribution in [2.45, 2.75) is 13.8 Å². The number of halogens is 2. The van der Waals surface area contributed by atoms with Crippen LogP contribution < -0.4 is 0 Å². The zero-order valence-corrected chi connectivity index (χ0v) is 21.2. The Kier molecular flexibility index (Phi) is 6.12. The lowest BCUT2D eigenvalue weighted by Crippen LogP contribution is -2.16. The summed E-state index contributed by atoms with van der Waals surface area (Å²) in [5.41, 5.74) is 10.1. The normalized spacial score (nSPS) is 13.5. The van der Waals surface area contributed by atoms with Crippen molar-refractivity contribution in [1.29, 1.82) is 0 Å². The predicted octanol–water partition coefficient (Wildman–Crippen LogP) is 8.56. The van der Waals surface area contributed by atoms with Gasteiger partial charge in [-0.2, -0.15) is 0 Å². The fourth-order valence-corrected chi connectivity index (χ4v) is 5.26. The van der Waals surface area contributed by atoms with E-state index in [4.69, 9.17) is 4.99 Å². The fraction of sp³-hybridized carbons (Fsp3) is 0.0606. The molecule has 1 aliphatic heterocycles. The molecule has 4 aromatic carbocycles. The maximum Gasteiger partial charge on any atom is 0.678 e. The molecule has 0 atom stereocenters. The first-order chi connectivity index (χ1) is 18.5. The van der Waals surface area contributed by atoms with E-state index in [1.807, 2.05) is 97.1 Å². The number of benzene rings is 4. The molecule has 2 nitrogen and oxygen atoms in total. The van der Waals surface area contributed by atoms with E-state index in [9.17, 15) is 8.63 Å². The van der Waals surface area contributed by atoms with Crippen molar-refractivity contribution < 1.29 is 8.63 Å². The molecule has 2 heterocycles. The molecule has 0 N–H and O–H groups in total. The van der Waals surface area contributed by atoms with E-state index in [2.05, 4.69) is 32.0 Å². The van der Waals surface area contributed by atoms with Crippen LogP contribution in [0.3, 0.4) is 0 Å². The highest BCUT2D eigenvalue weighted by Crippen LogP contribution is 2.39. The van der Waals surface area contributed by atoms with Gasteiger partial charge in [-0.1, -0.05) is 109 Å². The van der Waals surface area contributed by atoms with Gasteiger partial charge >= 0.3 is 7.40 Å². The largest absolute Gasteiger partial charge is 0.678 e. The number of hydrogen-bond acceptors (Lipinski definition) is 1. The first kappa shape index (κ1) is 23.9. The van der Waals surface area contributed by atoms with Gasteiger partial charge in [0.1, 0.15) is 0 Å². The molecule has 0 bridgehead atoms. The second-order valence-corrected chi connectivity index (χ2v) is 9.56. The van der Waals surface area contributed by atoms with Crippen molar-refractivity contribution in [1.82, 2.24) is 4.48 Å². The van der Waals surface area contributed by atoms with Crippen LogP contribution in [0, 0.1) is 13.8 Å². The summed E-state index contributed by atoms with van der Waals surface area (Å²) >= 11 is 0. The van der Waals surface area contributed by atoms with Gasteiger partial charge in [-0.3, -0.25) is 8.63 Å². The van der Waals surface area contributed by atoms with E-state index in [0.717, 1.165) is 49.1 Å². The minimum Gasteiger partial charge on any atom is -0.325 e. The lowest BCUT2D eigenvalue weighted by molar-refractivity contribution is 0.630. The number of rotatable bonds is 5. The average Bonchev–Trinajstić information content (AvgIpc) is 3.49. The van der Waals surface area contributed by atoms with Gasteiger partial charge in [-0.15, -0.1) is 0 Å². The van der Waals surface area contributed by atoms with E-state index < -0.39 is 7.40 Å². The number of aryl methyl sites for hydroxylation is 2. The van der Waals surface area contributed by atoms with Crippen LogP contribution in [0.4, 0.5) is 8.63 Å². The maximum absolute atomic E-state index is 14.8. The monoisotopic (exact) mass is 498 g/mol. The SMILES string of the molecule is Cc1ccc(C2=N/C(=C\c3c(-c4ccccc4)cc(-c4ccccc4)n3B(F)F)c3ccccc32)c(C)c1. The van der Waals surface area contributed by atoms with Crippen LogP contribution in [0.5, 0.6) is 0 Å². The molecule has 184 valence electrons. The van der Waals surface area contributed by atoms with Crippen molar-refractivity contribution in [2.75, 3.05) is 0 Å². The zero-order valence-electron chi connectivity index (χ0n) is 21.2. The molecule has 0 unspecified atom stereocenters. The van der Waals surface area contributed by atoms with Gasteiger partial charge in [0.25, 0.3) is 0 Å². The molecule has 38 heavy (non-hydrogen) atoms. The van der Waals surface area contributed by atoms with Crippen LogP contribution in [0.15, 0.2) is 114 Å². The molecule has 5 aromatic rings. The second kappa shape index (κ2) is 9.75. The number of hydrogen-bond donors (Lipinski definition) is 0. The molecule has 0 fully saturated rings.